The van der Waals surface area contributed by atoms with Crippen molar-refractivity contribution in [1.82, 2.24) is 14.5 Å². The first-order valence-electron chi connectivity index (χ1n) is 11.0. The molecule has 3 heterocycles. The van der Waals surface area contributed by atoms with Crippen molar-refractivity contribution in [3.8, 4) is 0 Å². The SMILES string of the molecule is COC[C@H]1CSc2c(Br)c(Cl)cc3c(N4C=C(C)N(C(=O)OC(C)(C)C)C[C@@H]4C)nc(=O)n1c23. The maximum absolute atomic E-state index is 13.3. The van der Waals surface area contributed by atoms with Gasteiger partial charge in [-0.3, -0.25) is 9.47 Å². The predicted octanol–water partition coefficient (Wildman–Crippen LogP) is 5.41. The number of carbonyl (C=O) groups excluding carboxylic acids is 1. The van der Waals surface area contributed by atoms with Crippen molar-refractivity contribution < 1.29 is 14.3 Å². The van der Waals surface area contributed by atoms with Gasteiger partial charge < -0.3 is 14.4 Å². The Morgan fingerprint density at radius 2 is 2.09 bits per heavy atom. The maximum Gasteiger partial charge on any atom is 0.414 e. The van der Waals surface area contributed by atoms with Gasteiger partial charge >= 0.3 is 11.8 Å². The van der Waals surface area contributed by atoms with Gasteiger partial charge in [0.2, 0.25) is 0 Å². The van der Waals surface area contributed by atoms with Gasteiger partial charge in [-0.2, -0.15) is 4.98 Å². The van der Waals surface area contributed by atoms with E-state index in [1.165, 1.54) is 0 Å². The van der Waals surface area contributed by atoms with E-state index in [0.717, 1.165) is 20.3 Å². The second kappa shape index (κ2) is 9.37. The summed E-state index contributed by atoms with van der Waals surface area (Å²) in [7, 11) is 1.63. The molecule has 184 valence electrons. The molecule has 8 nitrogen and oxygen atoms in total. The van der Waals surface area contributed by atoms with Gasteiger partial charge in [0.1, 0.15) is 11.4 Å². The molecule has 2 aromatic rings. The van der Waals surface area contributed by atoms with Crippen LogP contribution in [0, 0.1) is 0 Å². The number of benzene rings is 1. The highest BCUT2D eigenvalue weighted by Gasteiger charge is 2.34. The average Bonchev–Trinajstić information content (AvgIpc) is 2.74. The molecule has 2 atom stereocenters. The second-order valence-corrected chi connectivity index (χ2v) is 11.8. The summed E-state index contributed by atoms with van der Waals surface area (Å²) >= 11 is 11.8. The highest BCUT2D eigenvalue weighted by atomic mass is 79.9. The zero-order valence-corrected chi connectivity index (χ0v) is 23.2. The number of thioether (sulfide) groups is 1. The van der Waals surface area contributed by atoms with Gasteiger partial charge in [-0.05, 0) is 56.6 Å². The van der Waals surface area contributed by atoms with Gasteiger partial charge in [0.15, 0.2) is 0 Å². The lowest BCUT2D eigenvalue weighted by Crippen LogP contribution is -2.48. The summed E-state index contributed by atoms with van der Waals surface area (Å²) in [4.78, 5) is 35.0. The van der Waals surface area contributed by atoms with E-state index in [0.29, 0.717) is 35.4 Å². The summed E-state index contributed by atoms with van der Waals surface area (Å²) < 4.78 is 13.4. The van der Waals surface area contributed by atoms with E-state index in [4.69, 9.17) is 21.1 Å². The molecule has 0 radical (unpaired) electrons. The van der Waals surface area contributed by atoms with Gasteiger partial charge in [-0.15, -0.1) is 11.8 Å². The molecule has 0 saturated carbocycles. The van der Waals surface area contributed by atoms with E-state index in [2.05, 4.69) is 20.9 Å². The Bertz CT molecular complexity index is 1240. The van der Waals surface area contributed by atoms with Crippen LogP contribution < -0.4 is 10.6 Å². The quantitative estimate of drug-likeness (QED) is 0.487. The van der Waals surface area contributed by atoms with E-state index in [-0.39, 0.29) is 17.8 Å². The number of halogens is 2. The average molecular weight is 572 g/mol. The predicted molar refractivity (Wildman–Crippen MR) is 139 cm³/mol. The summed E-state index contributed by atoms with van der Waals surface area (Å²) in [6.07, 6.45) is 1.44. The molecule has 2 aliphatic heterocycles. The molecule has 0 unspecified atom stereocenters. The molecule has 0 spiro atoms. The lowest BCUT2D eigenvalue weighted by atomic mass is 10.1. The Morgan fingerprint density at radius 3 is 2.74 bits per heavy atom. The zero-order chi connectivity index (χ0) is 24.9. The van der Waals surface area contributed by atoms with Crippen LogP contribution in [0.3, 0.4) is 0 Å². The number of ether oxygens (including phenoxy) is 2. The van der Waals surface area contributed by atoms with Crippen LogP contribution in [0.15, 0.2) is 32.1 Å². The first kappa shape index (κ1) is 25.3. The molecule has 0 saturated heterocycles. The fourth-order valence-corrected chi connectivity index (χ4v) is 6.33. The van der Waals surface area contributed by atoms with E-state index in [9.17, 15) is 9.59 Å². The van der Waals surface area contributed by atoms with Crippen molar-refractivity contribution in [3.63, 3.8) is 0 Å². The number of carbonyl (C=O) groups is 1. The molecule has 34 heavy (non-hydrogen) atoms. The molecule has 0 fully saturated rings. The number of hydrogen-bond acceptors (Lipinski definition) is 7. The molecule has 1 aromatic heterocycles. The van der Waals surface area contributed by atoms with Crippen molar-refractivity contribution >= 4 is 62.1 Å². The molecule has 11 heteroatoms. The van der Waals surface area contributed by atoms with E-state index >= 15 is 0 Å². The van der Waals surface area contributed by atoms with Gasteiger partial charge in [-0.25, -0.2) is 9.59 Å². The first-order chi connectivity index (χ1) is 15.9. The third-order valence-corrected chi connectivity index (χ3v) is 8.57. The van der Waals surface area contributed by atoms with Crippen LogP contribution in [0.4, 0.5) is 10.6 Å². The van der Waals surface area contributed by atoms with Crippen LogP contribution in [0.2, 0.25) is 5.02 Å². The van der Waals surface area contributed by atoms with Crippen LogP contribution in [0.1, 0.15) is 40.7 Å². The highest BCUT2D eigenvalue weighted by molar-refractivity contribution is 9.10. The molecular formula is C23H28BrClN4O4S. The number of allylic oxidation sites excluding steroid dienone is 1. The monoisotopic (exact) mass is 570 g/mol. The van der Waals surface area contributed by atoms with Crippen LogP contribution >= 0.6 is 39.3 Å². The Labute approximate surface area is 216 Å². The van der Waals surface area contributed by atoms with Crippen molar-refractivity contribution in [1.29, 1.82) is 0 Å². The number of amides is 1. The summed E-state index contributed by atoms with van der Waals surface area (Å²) in [6, 6.07) is 1.55. The molecule has 2 aliphatic rings. The number of methoxy groups -OCH3 is 1. The maximum atomic E-state index is 13.3. The largest absolute Gasteiger partial charge is 0.443 e. The second-order valence-electron chi connectivity index (χ2n) is 9.52. The molecule has 0 N–H and O–H groups in total. The summed E-state index contributed by atoms with van der Waals surface area (Å²) in [5, 5.41) is 1.33. The Morgan fingerprint density at radius 1 is 1.38 bits per heavy atom. The third kappa shape index (κ3) is 4.57. The minimum Gasteiger partial charge on any atom is -0.443 e. The fourth-order valence-electron chi connectivity index (χ4n) is 4.24. The minimum atomic E-state index is -0.593. The first-order valence-corrected chi connectivity index (χ1v) is 13.1. The van der Waals surface area contributed by atoms with Crippen LogP contribution in [-0.2, 0) is 9.47 Å². The highest BCUT2D eigenvalue weighted by Crippen LogP contribution is 2.46. The smallest absolute Gasteiger partial charge is 0.414 e. The van der Waals surface area contributed by atoms with E-state index < -0.39 is 11.7 Å². The topological polar surface area (TPSA) is 76.9 Å². The van der Waals surface area contributed by atoms with Gasteiger partial charge in [0, 0.05) is 41.6 Å². The zero-order valence-electron chi connectivity index (χ0n) is 20.0. The lowest BCUT2D eigenvalue weighted by Gasteiger charge is -2.39. The van der Waals surface area contributed by atoms with E-state index in [1.807, 2.05) is 51.8 Å². The van der Waals surface area contributed by atoms with Crippen molar-refractivity contribution in [2.24, 2.45) is 0 Å². The molecule has 1 amide bonds. The third-order valence-electron chi connectivity index (χ3n) is 5.72. The summed E-state index contributed by atoms with van der Waals surface area (Å²) in [6.45, 7) is 10.1. The standard InChI is InChI=1S/C23H28BrClN4O4S/c1-12-9-28(22(31)33-23(3,4)5)13(2)8-27(12)20-15-7-16(25)17(24)19-18(15)29(21(30)26-20)14(10-32-6)11-34-19/h7-8,12,14H,9-11H2,1-6H3/t12-,14-/m0/s1. The summed E-state index contributed by atoms with van der Waals surface area (Å²) in [5.41, 5.74) is 0.559. The number of anilines is 1. The van der Waals surface area contributed by atoms with Crippen molar-refractivity contribution in [2.75, 3.05) is 30.9 Å². The van der Waals surface area contributed by atoms with Gasteiger partial charge in [0.05, 0.1) is 33.7 Å². The van der Waals surface area contributed by atoms with Gasteiger partial charge in [-0.1, -0.05) is 11.6 Å². The lowest BCUT2D eigenvalue weighted by molar-refractivity contribution is 0.0297. The Balaban J connectivity index is 1.86. The number of nitrogens with zero attached hydrogens (tertiary/aromatic N) is 4. The Kier molecular flexibility index (Phi) is 6.98. The van der Waals surface area contributed by atoms with Crippen molar-refractivity contribution in [2.45, 2.75) is 57.2 Å². The van der Waals surface area contributed by atoms with E-state index in [1.54, 1.807) is 28.3 Å². The van der Waals surface area contributed by atoms with Crippen LogP contribution in [0.25, 0.3) is 10.9 Å². The summed E-state index contributed by atoms with van der Waals surface area (Å²) in [5.74, 6) is 1.20. The molecule has 0 bridgehead atoms. The van der Waals surface area contributed by atoms with Crippen molar-refractivity contribution in [3.05, 3.63) is 37.9 Å². The molecule has 4 rings (SSSR count). The number of rotatable bonds is 3. The number of hydrogen-bond donors (Lipinski definition) is 0. The minimum absolute atomic E-state index is 0.133. The normalized spacial score (nSPS) is 20.5. The van der Waals surface area contributed by atoms with Crippen LogP contribution in [0.5, 0.6) is 0 Å². The molecule has 0 aliphatic carbocycles. The Hall–Kier alpha value is -1.75. The molecule has 1 aromatic carbocycles. The van der Waals surface area contributed by atoms with Gasteiger partial charge in [0.25, 0.3) is 0 Å². The number of aromatic nitrogens is 2. The van der Waals surface area contributed by atoms with Crippen LogP contribution in [-0.4, -0.2) is 58.2 Å². The molecular weight excluding hydrogens is 544 g/mol. The fraction of sp³-hybridized carbons (Fsp3) is 0.522.